The van der Waals surface area contributed by atoms with Crippen LogP contribution in [0.25, 0.3) is 10.9 Å². The van der Waals surface area contributed by atoms with E-state index in [9.17, 15) is 0 Å². The molecular formula is C15H12N4. The number of nitrogens with zero attached hydrogens (tertiary/aromatic N) is 4. The highest BCUT2D eigenvalue weighted by Crippen LogP contribution is 2.31. The number of fused-ring (bicyclic) bond motifs is 2. The van der Waals surface area contributed by atoms with Crippen molar-refractivity contribution in [3.63, 3.8) is 0 Å². The lowest BCUT2D eigenvalue weighted by molar-refractivity contribution is 0.874. The Morgan fingerprint density at radius 2 is 1.95 bits per heavy atom. The van der Waals surface area contributed by atoms with Crippen molar-refractivity contribution in [3.8, 4) is 0 Å². The van der Waals surface area contributed by atoms with Crippen molar-refractivity contribution in [2.45, 2.75) is 13.1 Å². The number of hydrogen-bond donors (Lipinski definition) is 0. The molecule has 0 fully saturated rings. The molecule has 0 N–H and O–H groups in total. The van der Waals surface area contributed by atoms with Gasteiger partial charge in [0.25, 0.3) is 0 Å². The van der Waals surface area contributed by atoms with Crippen LogP contribution in [-0.4, -0.2) is 15.0 Å². The molecule has 4 heteroatoms. The van der Waals surface area contributed by atoms with Gasteiger partial charge in [0.05, 0.1) is 17.8 Å². The normalized spacial score (nSPS) is 13.8. The molecule has 0 radical (unpaired) electrons. The van der Waals surface area contributed by atoms with Crippen molar-refractivity contribution in [1.29, 1.82) is 0 Å². The SMILES string of the molecule is c1ccc2c(N3Cc4cncnc4C3)ccnc2c1. The first-order chi connectivity index (χ1) is 9.42. The van der Waals surface area contributed by atoms with Crippen molar-refractivity contribution < 1.29 is 0 Å². The zero-order valence-electron chi connectivity index (χ0n) is 10.3. The van der Waals surface area contributed by atoms with Gasteiger partial charge >= 0.3 is 0 Å². The minimum Gasteiger partial charge on any atom is -0.361 e. The van der Waals surface area contributed by atoms with E-state index in [2.05, 4.69) is 38.1 Å². The third-order valence-corrected chi connectivity index (χ3v) is 3.55. The van der Waals surface area contributed by atoms with Crippen LogP contribution in [0.5, 0.6) is 0 Å². The molecule has 4 nitrogen and oxygen atoms in total. The lowest BCUT2D eigenvalue weighted by Gasteiger charge is -2.19. The maximum Gasteiger partial charge on any atom is 0.115 e. The van der Waals surface area contributed by atoms with Gasteiger partial charge in [-0.1, -0.05) is 18.2 Å². The molecule has 4 rings (SSSR count). The van der Waals surface area contributed by atoms with E-state index >= 15 is 0 Å². The van der Waals surface area contributed by atoms with E-state index < -0.39 is 0 Å². The predicted molar refractivity (Wildman–Crippen MR) is 73.7 cm³/mol. The molecule has 0 saturated carbocycles. The molecule has 0 amide bonds. The Labute approximate surface area is 110 Å². The summed E-state index contributed by atoms with van der Waals surface area (Å²) in [4.78, 5) is 15.2. The average Bonchev–Trinajstić information content (AvgIpc) is 2.90. The van der Waals surface area contributed by atoms with E-state index in [1.807, 2.05) is 24.5 Å². The van der Waals surface area contributed by atoms with E-state index in [1.165, 1.54) is 16.6 Å². The second kappa shape index (κ2) is 4.02. The van der Waals surface area contributed by atoms with Crippen molar-refractivity contribution >= 4 is 16.6 Å². The van der Waals surface area contributed by atoms with Crippen LogP contribution in [0.2, 0.25) is 0 Å². The molecule has 1 aliphatic rings. The molecule has 2 aromatic heterocycles. The third-order valence-electron chi connectivity index (χ3n) is 3.55. The summed E-state index contributed by atoms with van der Waals surface area (Å²) in [5, 5.41) is 1.19. The summed E-state index contributed by atoms with van der Waals surface area (Å²) in [5.74, 6) is 0. The molecule has 0 spiro atoms. The van der Waals surface area contributed by atoms with Crippen LogP contribution in [0.4, 0.5) is 5.69 Å². The molecule has 19 heavy (non-hydrogen) atoms. The quantitative estimate of drug-likeness (QED) is 0.663. The van der Waals surface area contributed by atoms with Gasteiger partial charge in [-0.3, -0.25) is 4.98 Å². The van der Waals surface area contributed by atoms with Gasteiger partial charge in [0.1, 0.15) is 6.33 Å². The van der Waals surface area contributed by atoms with Crippen LogP contribution < -0.4 is 4.90 Å². The van der Waals surface area contributed by atoms with Crippen molar-refractivity contribution in [2.24, 2.45) is 0 Å². The maximum atomic E-state index is 4.41. The van der Waals surface area contributed by atoms with Gasteiger partial charge in [-0.15, -0.1) is 0 Å². The Morgan fingerprint density at radius 1 is 1.00 bits per heavy atom. The Hall–Kier alpha value is -2.49. The minimum atomic E-state index is 0.839. The zero-order chi connectivity index (χ0) is 12.7. The van der Waals surface area contributed by atoms with E-state index in [1.54, 1.807) is 6.33 Å². The van der Waals surface area contributed by atoms with Gasteiger partial charge in [0.2, 0.25) is 0 Å². The highest BCUT2D eigenvalue weighted by Gasteiger charge is 2.21. The molecule has 0 aliphatic carbocycles. The number of anilines is 1. The van der Waals surface area contributed by atoms with Gasteiger partial charge < -0.3 is 4.90 Å². The smallest absolute Gasteiger partial charge is 0.115 e. The summed E-state index contributed by atoms with van der Waals surface area (Å²) in [6.45, 7) is 1.70. The highest BCUT2D eigenvalue weighted by molar-refractivity contribution is 5.91. The summed E-state index contributed by atoms with van der Waals surface area (Å²) in [5.41, 5.74) is 4.57. The number of hydrogen-bond acceptors (Lipinski definition) is 4. The number of pyridine rings is 1. The van der Waals surface area contributed by atoms with Gasteiger partial charge in [-0.25, -0.2) is 9.97 Å². The zero-order valence-corrected chi connectivity index (χ0v) is 10.3. The van der Waals surface area contributed by atoms with Crippen LogP contribution >= 0.6 is 0 Å². The van der Waals surface area contributed by atoms with Crippen molar-refractivity contribution in [3.05, 3.63) is 60.3 Å². The molecule has 0 unspecified atom stereocenters. The second-order valence-electron chi connectivity index (χ2n) is 4.70. The lowest BCUT2D eigenvalue weighted by Crippen LogP contribution is -2.15. The molecule has 1 aromatic carbocycles. The molecule has 0 atom stereocenters. The fourth-order valence-electron chi connectivity index (χ4n) is 2.63. The largest absolute Gasteiger partial charge is 0.361 e. The summed E-state index contributed by atoms with van der Waals surface area (Å²) in [6.07, 6.45) is 5.39. The first kappa shape index (κ1) is 10.4. The number of para-hydroxylation sites is 1. The van der Waals surface area contributed by atoms with Crippen LogP contribution in [0.3, 0.4) is 0 Å². The monoisotopic (exact) mass is 248 g/mol. The summed E-state index contributed by atoms with van der Waals surface area (Å²) >= 11 is 0. The Morgan fingerprint density at radius 3 is 2.89 bits per heavy atom. The molecule has 92 valence electrons. The van der Waals surface area contributed by atoms with Crippen molar-refractivity contribution in [1.82, 2.24) is 15.0 Å². The molecule has 3 heterocycles. The maximum absolute atomic E-state index is 4.41. The number of rotatable bonds is 1. The summed E-state index contributed by atoms with van der Waals surface area (Å²) < 4.78 is 0. The molecule has 0 saturated heterocycles. The first-order valence-corrected chi connectivity index (χ1v) is 6.28. The van der Waals surface area contributed by atoms with Crippen molar-refractivity contribution in [2.75, 3.05) is 4.90 Å². The van der Waals surface area contributed by atoms with Crippen LogP contribution in [0.15, 0.2) is 49.1 Å². The van der Waals surface area contributed by atoms with E-state index in [4.69, 9.17) is 0 Å². The van der Waals surface area contributed by atoms with E-state index in [-0.39, 0.29) is 0 Å². The molecule has 0 bridgehead atoms. The summed E-state index contributed by atoms with van der Waals surface area (Å²) in [7, 11) is 0. The van der Waals surface area contributed by atoms with Crippen LogP contribution in [-0.2, 0) is 13.1 Å². The first-order valence-electron chi connectivity index (χ1n) is 6.28. The Kier molecular flexibility index (Phi) is 2.21. The highest BCUT2D eigenvalue weighted by atomic mass is 15.2. The van der Waals surface area contributed by atoms with E-state index in [0.717, 1.165) is 24.3 Å². The van der Waals surface area contributed by atoms with Gasteiger partial charge in [-0.05, 0) is 12.1 Å². The Bertz CT molecular complexity index is 723. The predicted octanol–water partition coefficient (Wildman–Crippen LogP) is 2.55. The molecule has 3 aromatic rings. The molecule has 1 aliphatic heterocycles. The summed E-state index contributed by atoms with van der Waals surface area (Å²) in [6, 6.07) is 10.3. The van der Waals surface area contributed by atoms with Gasteiger partial charge in [-0.2, -0.15) is 0 Å². The van der Waals surface area contributed by atoms with Gasteiger partial charge in [0, 0.05) is 35.6 Å². The third kappa shape index (κ3) is 1.64. The second-order valence-corrected chi connectivity index (χ2v) is 4.70. The fraction of sp³-hybridized carbons (Fsp3) is 0.133. The number of benzene rings is 1. The molecular weight excluding hydrogens is 236 g/mol. The lowest BCUT2D eigenvalue weighted by atomic mass is 10.2. The van der Waals surface area contributed by atoms with Gasteiger partial charge in [0.15, 0.2) is 0 Å². The van der Waals surface area contributed by atoms with E-state index in [0.29, 0.717) is 0 Å². The standard InChI is InChI=1S/C15H12N4/c1-2-4-13-12(3-1)15(5-6-17-13)19-8-11-7-16-10-18-14(11)9-19/h1-7,10H,8-9H2. The number of aromatic nitrogens is 3. The topological polar surface area (TPSA) is 41.9 Å². The minimum absolute atomic E-state index is 0.839. The Balaban J connectivity index is 1.81. The van der Waals surface area contributed by atoms with Crippen LogP contribution in [0, 0.1) is 0 Å². The average molecular weight is 248 g/mol. The van der Waals surface area contributed by atoms with Crippen LogP contribution in [0.1, 0.15) is 11.3 Å². The fourth-order valence-corrected chi connectivity index (χ4v) is 2.63.